The molecule has 45 heavy (non-hydrogen) atoms. The van der Waals surface area contributed by atoms with E-state index >= 15 is 17.6 Å². The summed E-state index contributed by atoms with van der Waals surface area (Å²) in [7, 11) is 0. The molecule has 4 rings (SSSR count). The molecule has 0 unspecified atom stereocenters. The molecule has 3 heterocycles. The molecule has 0 aromatic carbocycles. The van der Waals surface area contributed by atoms with Crippen LogP contribution in [0.1, 0.15) is 39.5 Å². The van der Waals surface area contributed by atoms with E-state index in [9.17, 15) is 41.3 Å². The topological polar surface area (TPSA) is 90.6 Å². The summed E-state index contributed by atoms with van der Waals surface area (Å²) in [6.07, 6.45) is -5.57. The highest BCUT2D eigenvalue weighted by Crippen LogP contribution is 2.57. The van der Waals surface area contributed by atoms with Gasteiger partial charge < -0.3 is 0 Å². The highest BCUT2D eigenvalue weighted by molar-refractivity contribution is 6.11. The molecule has 0 spiro atoms. The Morgan fingerprint density at radius 3 is 1.38 bits per heavy atom. The zero-order valence-corrected chi connectivity index (χ0v) is 22.3. The fraction of sp³-hybridized carbons (Fsp3) is 0.143. The van der Waals surface area contributed by atoms with Gasteiger partial charge in [-0.1, -0.05) is 0 Å². The van der Waals surface area contributed by atoms with Crippen molar-refractivity contribution in [3.05, 3.63) is 114 Å². The summed E-state index contributed by atoms with van der Waals surface area (Å²) < 4.78 is 159. The normalized spacial score (nSPS) is 16.1. The zero-order valence-electron chi connectivity index (χ0n) is 22.3. The smallest absolute Gasteiger partial charge is 0.243 e. The number of aryl methyl sites for hydroxylation is 3. The summed E-state index contributed by atoms with van der Waals surface area (Å²) >= 11 is 0. The molecule has 0 saturated heterocycles. The van der Waals surface area contributed by atoms with E-state index in [0.29, 0.717) is 6.92 Å². The number of hydrogen-bond acceptors (Lipinski definition) is 5. The Bertz CT molecular complexity index is 1940. The summed E-state index contributed by atoms with van der Waals surface area (Å²) in [5.74, 6) is -15.9. The molecular formula is C28H9F11N6. The monoisotopic (exact) mass is 638 g/mol. The Balaban J connectivity index is 2.34. The van der Waals surface area contributed by atoms with Gasteiger partial charge in [0.15, 0.2) is 34.8 Å². The third kappa shape index (κ3) is 5.04. The quantitative estimate of drug-likeness (QED) is 0.128. The van der Waals surface area contributed by atoms with Gasteiger partial charge >= 0.3 is 6.18 Å². The van der Waals surface area contributed by atoms with Crippen LogP contribution in [0.15, 0.2) is 16.7 Å². The van der Waals surface area contributed by atoms with Gasteiger partial charge in [-0.05, 0) is 37.5 Å². The van der Waals surface area contributed by atoms with E-state index in [0.717, 1.165) is 13.8 Å². The van der Waals surface area contributed by atoms with E-state index in [1.165, 1.54) is 12.1 Å². The minimum Gasteiger partial charge on any atom is -0.243 e. The Labute approximate surface area is 244 Å². The Kier molecular flexibility index (Phi) is 7.99. The molecule has 228 valence electrons. The van der Waals surface area contributed by atoms with E-state index in [4.69, 9.17) is 6.57 Å². The van der Waals surface area contributed by atoms with Crippen LogP contribution in [0.2, 0.25) is 0 Å². The lowest BCUT2D eigenvalue weighted by molar-refractivity contribution is -0.143. The minimum atomic E-state index is -5.57. The average molecular weight is 638 g/mol. The number of aromatic nitrogens is 3. The van der Waals surface area contributed by atoms with Gasteiger partial charge in [-0.3, -0.25) is 0 Å². The van der Waals surface area contributed by atoms with Crippen molar-refractivity contribution in [2.75, 3.05) is 0 Å². The third-order valence-electron chi connectivity index (χ3n) is 6.42. The molecule has 0 radical (unpaired) electrons. The number of rotatable bonds is 3. The Morgan fingerprint density at radius 1 is 0.600 bits per heavy atom. The summed E-state index contributed by atoms with van der Waals surface area (Å²) in [6.45, 7) is 9.83. The van der Waals surface area contributed by atoms with Gasteiger partial charge in [-0.2, -0.15) is 32.5 Å². The van der Waals surface area contributed by atoms with Gasteiger partial charge in [-0.15, -0.1) is 0 Å². The van der Waals surface area contributed by atoms with Crippen molar-refractivity contribution in [1.29, 1.82) is 10.5 Å². The number of hydrogen-bond donors (Lipinski definition) is 0. The lowest BCUT2D eigenvalue weighted by Crippen LogP contribution is -2.16. The van der Waals surface area contributed by atoms with Crippen molar-refractivity contribution < 1.29 is 48.3 Å². The molecule has 0 bridgehead atoms. The van der Waals surface area contributed by atoms with Crippen LogP contribution in [0.25, 0.3) is 21.7 Å². The highest BCUT2D eigenvalue weighted by Gasteiger charge is 2.46. The molecular weight excluding hydrogens is 629 g/mol. The van der Waals surface area contributed by atoms with Crippen LogP contribution in [0.5, 0.6) is 0 Å². The fourth-order valence-corrected chi connectivity index (χ4v) is 4.38. The maximum Gasteiger partial charge on any atom is 0.436 e. The first-order valence-electron chi connectivity index (χ1n) is 11.8. The molecule has 1 fully saturated rings. The first-order chi connectivity index (χ1) is 20.9. The molecule has 1 aliphatic rings. The molecule has 0 atom stereocenters. The van der Waals surface area contributed by atoms with Gasteiger partial charge in [0.2, 0.25) is 17.6 Å². The second kappa shape index (κ2) is 11.1. The van der Waals surface area contributed by atoms with Crippen LogP contribution in [0.4, 0.5) is 48.3 Å². The second-order valence-corrected chi connectivity index (χ2v) is 9.09. The van der Waals surface area contributed by atoms with Crippen LogP contribution < -0.4 is 0 Å². The standard InChI is InChI=1S/C28H9F11N6/c1-7-18(29)14(21(32)25(43-7)28(37,38)39)10(5-40)12-13(11(6-41)15-19(30)8(2)44-26(35)22(15)33)16(12)24(42-4)17-20(31)9(3)45-27(36)23(17)34/h1-3H3. The zero-order chi connectivity index (χ0) is 33.9. The SMILES string of the molecule is [C-]#[N+]C(=C1C(=C(C#N)c2c(F)c(C)nc(F)c2F)C1=C(C#N)c1c(F)c(C)nc(C(F)(F)F)c1F)c1c(F)c(C)nc(F)c1F. The van der Waals surface area contributed by atoms with E-state index in [2.05, 4.69) is 19.8 Å². The van der Waals surface area contributed by atoms with Gasteiger partial charge in [0.05, 0.1) is 51.5 Å². The van der Waals surface area contributed by atoms with E-state index in [1.807, 2.05) is 0 Å². The summed E-state index contributed by atoms with van der Waals surface area (Å²) in [6, 6.07) is 2.40. The van der Waals surface area contributed by atoms with Gasteiger partial charge in [0, 0.05) is 0 Å². The van der Waals surface area contributed by atoms with Gasteiger partial charge in [0.25, 0.3) is 0 Å². The van der Waals surface area contributed by atoms with Crippen molar-refractivity contribution in [3.63, 3.8) is 0 Å². The number of nitrogens with zero attached hydrogens (tertiary/aromatic N) is 6. The van der Waals surface area contributed by atoms with Crippen molar-refractivity contribution in [2.45, 2.75) is 26.9 Å². The van der Waals surface area contributed by atoms with Crippen molar-refractivity contribution in [3.8, 4) is 12.1 Å². The van der Waals surface area contributed by atoms with Crippen LogP contribution in [0, 0.1) is 96.8 Å². The van der Waals surface area contributed by atoms with E-state index in [1.54, 1.807) is 0 Å². The highest BCUT2D eigenvalue weighted by atomic mass is 19.4. The number of halogens is 11. The number of nitriles is 2. The van der Waals surface area contributed by atoms with Gasteiger partial charge in [0.1, 0.15) is 18.0 Å². The van der Waals surface area contributed by atoms with Crippen molar-refractivity contribution in [2.24, 2.45) is 0 Å². The lowest BCUT2D eigenvalue weighted by atomic mass is 10.0. The lowest BCUT2D eigenvalue weighted by Gasteiger charge is -2.12. The first kappa shape index (κ1) is 32.3. The van der Waals surface area contributed by atoms with Crippen LogP contribution >= 0.6 is 0 Å². The molecule has 17 heteroatoms. The van der Waals surface area contributed by atoms with Crippen LogP contribution in [0.3, 0.4) is 0 Å². The molecule has 0 aliphatic heterocycles. The Morgan fingerprint density at radius 2 is 0.978 bits per heavy atom. The first-order valence-corrected chi connectivity index (χ1v) is 11.8. The fourth-order valence-electron chi connectivity index (χ4n) is 4.38. The maximum absolute atomic E-state index is 15.2. The third-order valence-corrected chi connectivity index (χ3v) is 6.42. The predicted molar refractivity (Wildman–Crippen MR) is 130 cm³/mol. The average Bonchev–Trinajstić information content (AvgIpc) is 3.68. The second-order valence-electron chi connectivity index (χ2n) is 9.09. The minimum absolute atomic E-state index is 0.652. The molecule has 0 amide bonds. The number of alkyl halides is 3. The van der Waals surface area contributed by atoms with Crippen molar-refractivity contribution in [1.82, 2.24) is 15.0 Å². The van der Waals surface area contributed by atoms with Crippen LogP contribution in [-0.4, -0.2) is 15.0 Å². The molecule has 3 aromatic rings. The number of allylic oxidation sites excluding steroid dienone is 5. The van der Waals surface area contributed by atoms with Gasteiger partial charge in [-0.25, -0.2) is 46.1 Å². The number of pyridine rings is 3. The Hall–Kier alpha value is -5.63. The summed E-state index contributed by atoms with van der Waals surface area (Å²) in [5, 5.41) is 19.8. The summed E-state index contributed by atoms with van der Waals surface area (Å²) in [5.41, 5.74) is -17.3. The predicted octanol–water partition coefficient (Wildman–Crippen LogP) is 7.53. The molecule has 1 aliphatic carbocycles. The van der Waals surface area contributed by atoms with Crippen LogP contribution in [-0.2, 0) is 6.18 Å². The largest absolute Gasteiger partial charge is 0.436 e. The maximum atomic E-state index is 15.2. The molecule has 0 N–H and O–H groups in total. The van der Waals surface area contributed by atoms with E-state index in [-0.39, 0.29) is 0 Å². The van der Waals surface area contributed by atoms with Crippen molar-refractivity contribution >= 4 is 16.8 Å². The molecule has 1 saturated carbocycles. The molecule has 3 aromatic heterocycles. The molecule has 6 nitrogen and oxygen atoms in total. The van der Waals surface area contributed by atoms with E-state index < -0.39 is 126 Å². The summed E-state index contributed by atoms with van der Waals surface area (Å²) in [4.78, 5) is 11.5.